The normalized spacial score (nSPS) is 14.0. The summed E-state index contributed by atoms with van der Waals surface area (Å²) in [5.74, 6) is 2.98. The summed E-state index contributed by atoms with van der Waals surface area (Å²) in [7, 11) is 4.91. The second kappa shape index (κ2) is 13.1. The van der Waals surface area contributed by atoms with Crippen LogP contribution in [-0.2, 0) is 11.4 Å². The summed E-state index contributed by atoms with van der Waals surface area (Å²) in [6, 6.07) is 17.1. The molecule has 4 rings (SSSR count). The van der Waals surface area contributed by atoms with Crippen molar-refractivity contribution >= 4 is 39.5 Å². The Balaban J connectivity index is 1.42. The number of carbonyl (C=O) groups is 1. The van der Waals surface area contributed by atoms with Crippen LogP contribution in [0.5, 0.6) is 23.0 Å². The molecule has 0 radical (unpaired) electrons. The lowest BCUT2D eigenvalue weighted by molar-refractivity contribution is -0.126. The lowest BCUT2D eigenvalue weighted by Gasteiger charge is -2.33. The monoisotopic (exact) mass is 599 g/mol. The van der Waals surface area contributed by atoms with Gasteiger partial charge in [0.05, 0.1) is 21.3 Å². The van der Waals surface area contributed by atoms with Crippen LogP contribution >= 0.6 is 27.5 Å². The Bertz CT molecular complexity index is 1280. The van der Waals surface area contributed by atoms with Gasteiger partial charge in [-0.1, -0.05) is 45.7 Å². The number of ether oxygens (including phenoxy) is 4. The SMILES string of the molecule is COc1cc(OC)c(C2CCN(C(=O)/C=C/c3cc(Cl)ccc3OCc3ccccc3Br)CC2)c(OC)c1. The maximum atomic E-state index is 13.1. The number of benzene rings is 3. The van der Waals surface area contributed by atoms with Gasteiger partial charge in [0.2, 0.25) is 5.91 Å². The summed E-state index contributed by atoms with van der Waals surface area (Å²) in [5.41, 5.74) is 2.80. The van der Waals surface area contributed by atoms with E-state index < -0.39 is 0 Å². The van der Waals surface area contributed by atoms with E-state index in [4.69, 9.17) is 30.5 Å². The predicted octanol–water partition coefficient (Wildman–Crippen LogP) is 7.13. The summed E-state index contributed by atoms with van der Waals surface area (Å²) < 4.78 is 23.7. The van der Waals surface area contributed by atoms with E-state index >= 15 is 0 Å². The molecule has 0 aliphatic carbocycles. The first-order chi connectivity index (χ1) is 18.4. The quantitative estimate of drug-likeness (QED) is 0.245. The van der Waals surface area contributed by atoms with Gasteiger partial charge >= 0.3 is 0 Å². The van der Waals surface area contributed by atoms with Gasteiger partial charge in [0.15, 0.2) is 0 Å². The minimum Gasteiger partial charge on any atom is -0.496 e. The number of rotatable bonds is 9. The van der Waals surface area contributed by atoms with Gasteiger partial charge in [-0.15, -0.1) is 0 Å². The number of nitrogens with zero attached hydrogens (tertiary/aromatic N) is 1. The van der Waals surface area contributed by atoms with Crippen molar-refractivity contribution < 1.29 is 23.7 Å². The third kappa shape index (κ3) is 6.63. The van der Waals surface area contributed by atoms with Gasteiger partial charge in [0, 0.05) is 57.5 Å². The number of carbonyl (C=O) groups excluding carboxylic acids is 1. The second-order valence-electron chi connectivity index (χ2n) is 8.94. The first-order valence-corrected chi connectivity index (χ1v) is 13.5. The minimum atomic E-state index is -0.0474. The van der Waals surface area contributed by atoms with Gasteiger partial charge in [0.1, 0.15) is 29.6 Å². The topological polar surface area (TPSA) is 57.2 Å². The Kier molecular flexibility index (Phi) is 9.58. The lowest BCUT2D eigenvalue weighted by atomic mass is 9.88. The van der Waals surface area contributed by atoms with E-state index in [-0.39, 0.29) is 11.8 Å². The molecule has 3 aromatic carbocycles. The van der Waals surface area contributed by atoms with Crippen molar-refractivity contribution in [2.45, 2.75) is 25.4 Å². The Labute approximate surface area is 237 Å². The van der Waals surface area contributed by atoms with E-state index in [1.54, 1.807) is 45.6 Å². The van der Waals surface area contributed by atoms with Gasteiger partial charge in [-0.25, -0.2) is 0 Å². The summed E-state index contributed by atoms with van der Waals surface area (Å²) in [6.07, 6.45) is 4.96. The van der Waals surface area contributed by atoms with Gasteiger partial charge in [0.25, 0.3) is 0 Å². The summed E-state index contributed by atoms with van der Waals surface area (Å²) in [6.45, 7) is 1.66. The molecule has 1 heterocycles. The van der Waals surface area contributed by atoms with E-state index in [1.807, 2.05) is 47.4 Å². The van der Waals surface area contributed by atoms with Crippen LogP contribution in [0.1, 0.15) is 35.4 Å². The van der Waals surface area contributed by atoms with Crippen LogP contribution in [0, 0.1) is 0 Å². The molecule has 0 spiro atoms. The molecule has 0 atom stereocenters. The van der Waals surface area contributed by atoms with Crippen molar-refractivity contribution in [3.63, 3.8) is 0 Å². The molecule has 1 aliphatic heterocycles. The van der Waals surface area contributed by atoms with E-state index in [9.17, 15) is 4.79 Å². The largest absolute Gasteiger partial charge is 0.496 e. The number of likely N-dealkylation sites (tertiary alicyclic amines) is 1. The molecular weight excluding hydrogens is 570 g/mol. The zero-order chi connectivity index (χ0) is 27.1. The number of hydrogen-bond donors (Lipinski definition) is 0. The van der Waals surface area contributed by atoms with Crippen LogP contribution in [-0.4, -0.2) is 45.2 Å². The summed E-state index contributed by atoms with van der Waals surface area (Å²) in [5, 5.41) is 0.577. The van der Waals surface area contributed by atoms with Gasteiger partial charge < -0.3 is 23.8 Å². The van der Waals surface area contributed by atoms with Crippen LogP contribution in [0.2, 0.25) is 5.02 Å². The van der Waals surface area contributed by atoms with Crippen LogP contribution in [0.15, 0.2) is 65.1 Å². The van der Waals surface area contributed by atoms with Gasteiger partial charge in [-0.3, -0.25) is 4.79 Å². The Morgan fingerprint density at radius 1 is 0.974 bits per heavy atom. The third-order valence-corrected chi connectivity index (χ3v) is 7.70. The molecule has 0 aromatic heterocycles. The zero-order valence-corrected chi connectivity index (χ0v) is 24.1. The van der Waals surface area contributed by atoms with Crippen molar-refractivity contribution in [1.82, 2.24) is 4.90 Å². The maximum absolute atomic E-state index is 13.1. The summed E-state index contributed by atoms with van der Waals surface area (Å²) >= 11 is 9.80. The highest BCUT2D eigenvalue weighted by atomic mass is 79.9. The molecule has 200 valence electrons. The Morgan fingerprint density at radius 2 is 1.66 bits per heavy atom. The second-order valence-corrected chi connectivity index (χ2v) is 10.2. The fraction of sp³-hybridized carbons (Fsp3) is 0.300. The molecule has 6 nitrogen and oxygen atoms in total. The number of amides is 1. The predicted molar refractivity (Wildman–Crippen MR) is 154 cm³/mol. The molecule has 8 heteroatoms. The molecule has 0 N–H and O–H groups in total. The zero-order valence-electron chi connectivity index (χ0n) is 21.7. The molecule has 38 heavy (non-hydrogen) atoms. The minimum absolute atomic E-state index is 0.0474. The van der Waals surface area contributed by atoms with Crippen LogP contribution in [0.25, 0.3) is 6.08 Å². The first-order valence-electron chi connectivity index (χ1n) is 12.4. The smallest absolute Gasteiger partial charge is 0.246 e. The molecular formula is C30H31BrClNO5. The molecule has 1 aliphatic rings. The van der Waals surface area contributed by atoms with Crippen LogP contribution in [0.4, 0.5) is 0 Å². The van der Waals surface area contributed by atoms with Gasteiger partial charge in [-0.05, 0) is 49.1 Å². The van der Waals surface area contributed by atoms with E-state index in [0.717, 1.165) is 45.5 Å². The van der Waals surface area contributed by atoms with Crippen molar-refractivity contribution in [2.75, 3.05) is 34.4 Å². The fourth-order valence-electron chi connectivity index (χ4n) is 4.64. The van der Waals surface area contributed by atoms with Crippen molar-refractivity contribution in [3.05, 3.63) is 86.9 Å². The highest BCUT2D eigenvalue weighted by molar-refractivity contribution is 9.10. The van der Waals surface area contributed by atoms with Crippen molar-refractivity contribution in [2.24, 2.45) is 0 Å². The number of piperidine rings is 1. The molecule has 1 saturated heterocycles. The number of hydrogen-bond acceptors (Lipinski definition) is 5. The fourth-order valence-corrected chi connectivity index (χ4v) is 5.22. The van der Waals surface area contributed by atoms with Gasteiger partial charge in [-0.2, -0.15) is 0 Å². The van der Waals surface area contributed by atoms with E-state index in [1.165, 1.54) is 0 Å². The highest BCUT2D eigenvalue weighted by Crippen LogP contribution is 2.43. The first kappa shape index (κ1) is 27.9. The molecule has 3 aromatic rings. The molecule has 1 fully saturated rings. The Hall–Kier alpha value is -3.16. The number of halogens is 2. The third-order valence-electron chi connectivity index (χ3n) is 6.69. The molecule has 0 saturated carbocycles. The average molecular weight is 601 g/mol. The number of methoxy groups -OCH3 is 3. The average Bonchev–Trinajstić information content (AvgIpc) is 2.95. The lowest BCUT2D eigenvalue weighted by Crippen LogP contribution is -2.37. The summed E-state index contributed by atoms with van der Waals surface area (Å²) in [4.78, 5) is 14.9. The Morgan fingerprint density at radius 3 is 2.29 bits per heavy atom. The molecule has 1 amide bonds. The maximum Gasteiger partial charge on any atom is 0.246 e. The molecule has 0 unspecified atom stereocenters. The van der Waals surface area contributed by atoms with E-state index in [0.29, 0.717) is 36.2 Å². The van der Waals surface area contributed by atoms with Crippen LogP contribution in [0.3, 0.4) is 0 Å². The van der Waals surface area contributed by atoms with Crippen molar-refractivity contribution in [1.29, 1.82) is 0 Å². The highest BCUT2D eigenvalue weighted by Gasteiger charge is 2.28. The standard InChI is InChI=1S/C30H31BrClNO5/c1-35-24-17-27(36-2)30(28(18-24)37-3)20-12-14-33(15-13-20)29(34)11-8-21-16-23(32)9-10-26(21)38-19-22-6-4-5-7-25(22)31/h4-11,16-18,20H,12-15,19H2,1-3H3/b11-8+. The molecule has 0 bridgehead atoms. The van der Waals surface area contributed by atoms with Crippen LogP contribution < -0.4 is 18.9 Å². The van der Waals surface area contributed by atoms with E-state index in [2.05, 4.69) is 15.9 Å². The van der Waals surface area contributed by atoms with Crippen molar-refractivity contribution in [3.8, 4) is 23.0 Å².